The van der Waals surface area contributed by atoms with Crippen molar-refractivity contribution < 1.29 is 0 Å². The normalized spacial score (nSPS) is 11.1. The van der Waals surface area contributed by atoms with Gasteiger partial charge >= 0.3 is 211 Å². The van der Waals surface area contributed by atoms with Gasteiger partial charge < -0.3 is 0 Å². The van der Waals surface area contributed by atoms with Gasteiger partial charge in [0.15, 0.2) is 0 Å². The van der Waals surface area contributed by atoms with E-state index in [2.05, 4.69) is 111 Å². The quantitative estimate of drug-likeness (QED) is 0.233. The summed E-state index contributed by atoms with van der Waals surface area (Å²) in [6.07, 6.45) is 0. The predicted molar refractivity (Wildman–Crippen MR) is 144 cm³/mol. The molecule has 0 aliphatic rings. The molecule has 0 atom stereocenters. The van der Waals surface area contributed by atoms with Gasteiger partial charge in [0.2, 0.25) is 0 Å². The van der Waals surface area contributed by atoms with Crippen molar-refractivity contribution in [3.05, 3.63) is 0 Å². The molecule has 0 aliphatic carbocycles. The van der Waals surface area contributed by atoms with Crippen LogP contribution in [0.3, 0.4) is 0 Å². The second kappa shape index (κ2) is 25.4. The van der Waals surface area contributed by atoms with Crippen molar-refractivity contribution in [2.24, 2.45) is 0 Å². The fraction of sp³-hybridized carbons (Fsp3) is 1.00. The van der Waals surface area contributed by atoms with Crippen LogP contribution in [-0.2, 0) is 0 Å². The molecular formula is C24H56Ge4. The van der Waals surface area contributed by atoms with Crippen LogP contribution < -0.4 is 0 Å². The maximum absolute atomic E-state index is 2.32. The van der Waals surface area contributed by atoms with Gasteiger partial charge in [0, 0.05) is 0 Å². The minimum atomic E-state index is 0.389. The van der Waals surface area contributed by atoms with Crippen LogP contribution in [0.4, 0.5) is 0 Å². The average molecular weight is 635 g/mol. The zero-order chi connectivity index (χ0) is 23.4. The summed E-state index contributed by atoms with van der Waals surface area (Å²) in [7, 11) is 0. The van der Waals surface area contributed by atoms with Crippen LogP contribution in [0.1, 0.15) is 111 Å². The fourth-order valence-electron chi connectivity index (χ4n) is 2.67. The van der Waals surface area contributed by atoms with Crippen LogP contribution >= 0.6 is 0 Å². The van der Waals surface area contributed by atoms with Gasteiger partial charge in [-0.2, -0.15) is 0 Å². The number of hydrogen-bond acceptors (Lipinski definition) is 0. The van der Waals surface area contributed by atoms with E-state index in [4.69, 9.17) is 0 Å². The van der Waals surface area contributed by atoms with Crippen LogP contribution in [-0.4, -0.2) is 61.7 Å². The summed E-state index contributed by atoms with van der Waals surface area (Å²) in [4.78, 5) is 0. The molecule has 0 aliphatic heterocycles. The van der Waals surface area contributed by atoms with Crippen LogP contribution in [0.5, 0.6) is 0 Å². The monoisotopic (exact) mass is 640 g/mol. The molecule has 0 aromatic carbocycles. The Kier molecular flexibility index (Phi) is 34.0. The van der Waals surface area contributed by atoms with Crippen molar-refractivity contribution in [3.63, 3.8) is 0 Å². The van der Waals surface area contributed by atoms with Gasteiger partial charge in [-0.1, -0.05) is 0 Å². The summed E-state index contributed by atoms with van der Waals surface area (Å²) in [6.45, 7) is 37.1. The molecule has 0 aromatic rings. The Balaban J connectivity index is -0.000000137. The molecule has 0 unspecified atom stereocenters. The van der Waals surface area contributed by atoms with Crippen molar-refractivity contribution in [1.82, 2.24) is 0 Å². The molecule has 0 nitrogen and oxygen atoms in total. The molecular weight excluding hydrogens is 579 g/mol. The van der Waals surface area contributed by atoms with Gasteiger partial charge in [0.05, 0.1) is 0 Å². The SMILES string of the molecule is C[CH](C)[Ge][CH](C)C.C[CH](C)[Ge][CH](C)C.C[CH](C)[Ge][CH](C)C.C[CH](C)[Ge][CH](C)C. The second-order valence-corrected chi connectivity index (χ2v) is 32.1. The van der Waals surface area contributed by atoms with Crippen molar-refractivity contribution in [2.45, 2.75) is 149 Å². The first-order valence-corrected chi connectivity index (χ1v) is 21.2. The molecule has 28 heavy (non-hydrogen) atoms. The summed E-state index contributed by atoms with van der Waals surface area (Å²) < 4.78 is 8.00. The first kappa shape index (κ1) is 37.5. The molecule has 0 spiro atoms. The second-order valence-electron chi connectivity index (χ2n) is 9.90. The van der Waals surface area contributed by atoms with Crippen LogP contribution in [0.15, 0.2) is 0 Å². The van der Waals surface area contributed by atoms with E-state index in [9.17, 15) is 0 Å². The molecule has 0 amide bonds. The molecule has 8 radical (unpaired) electrons. The topological polar surface area (TPSA) is 0 Å². The molecule has 0 saturated carbocycles. The van der Waals surface area contributed by atoms with E-state index in [1.54, 1.807) is 0 Å². The Bertz CT molecular complexity index is 190. The van der Waals surface area contributed by atoms with Gasteiger partial charge in [-0.05, 0) is 0 Å². The van der Waals surface area contributed by atoms with E-state index >= 15 is 0 Å². The van der Waals surface area contributed by atoms with E-state index in [-0.39, 0.29) is 0 Å². The van der Waals surface area contributed by atoms with E-state index < -0.39 is 0 Å². The minimum absolute atomic E-state index is 0.389. The third-order valence-electron chi connectivity index (χ3n) is 2.67. The summed E-state index contributed by atoms with van der Waals surface area (Å²) in [5, 5.41) is 0. The molecule has 0 bridgehead atoms. The van der Waals surface area contributed by atoms with Gasteiger partial charge in [0.1, 0.15) is 0 Å². The Labute approximate surface area is 209 Å². The third-order valence-corrected chi connectivity index (χ3v) is 13.9. The average Bonchev–Trinajstić information content (AvgIpc) is 2.32. The number of hydrogen-bond donors (Lipinski definition) is 0. The molecule has 0 aromatic heterocycles. The van der Waals surface area contributed by atoms with Crippen molar-refractivity contribution >= 4 is 61.7 Å². The Hall–Kier alpha value is 2.17. The van der Waals surface area contributed by atoms with Gasteiger partial charge in [-0.15, -0.1) is 0 Å². The van der Waals surface area contributed by atoms with Crippen molar-refractivity contribution in [2.75, 3.05) is 0 Å². The predicted octanol–water partition coefficient (Wildman–Crippen LogP) is 9.39. The van der Waals surface area contributed by atoms with E-state index in [0.717, 1.165) is 38.0 Å². The first-order valence-electron chi connectivity index (χ1n) is 11.5. The van der Waals surface area contributed by atoms with Crippen LogP contribution in [0.25, 0.3) is 0 Å². The molecule has 0 fully saturated rings. The van der Waals surface area contributed by atoms with Crippen LogP contribution in [0, 0.1) is 0 Å². The summed E-state index contributed by atoms with van der Waals surface area (Å²) in [5.41, 5.74) is 0. The van der Waals surface area contributed by atoms with Crippen LogP contribution in [0.2, 0.25) is 38.0 Å². The number of rotatable bonds is 8. The van der Waals surface area contributed by atoms with Crippen molar-refractivity contribution in [1.29, 1.82) is 0 Å². The zero-order valence-electron chi connectivity index (χ0n) is 22.6. The Morgan fingerprint density at radius 2 is 0.286 bits per heavy atom. The first-order chi connectivity index (χ1) is 12.5. The molecule has 168 valence electrons. The van der Waals surface area contributed by atoms with Gasteiger partial charge in [-0.3, -0.25) is 0 Å². The summed E-state index contributed by atoms with van der Waals surface area (Å²) in [6, 6.07) is 0. The van der Waals surface area contributed by atoms with E-state index in [1.807, 2.05) is 0 Å². The summed E-state index contributed by atoms with van der Waals surface area (Å²) in [5.74, 6) is 0. The standard InChI is InChI=1S/4C6H14Ge/c4*1-5(2)7-6(3)4/h4*5-6H,1-4H3. The van der Waals surface area contributed by atoms with Gasteiger partial charge in [0.25, 0.3) is 0 Å². The molecule has 4 heteroatoms. The van der Waals surface area contributed by atoms with Gasteiger partial charge in [-0.25, -0.2) is 0 Å². The molecule has 0 rings (SSSR count). The Morgan fingerprint density at radius 3 is 0.286 bits per heavy atom. The van der Waals surface area contributed by atoms with E-state index in [0.29, 0.717) is 61.7 Å². The maximum atomic E-state index is 2.32. The van der Waals surface area contributed by atoms with Crippen molar-refractivity contribution in [3.8, 4) is 0 Å². The fourth-order valence-corrected chi connectivity index (χ4v) is 13.9. The third kappa shape index (κ3) is 63.0. The molecule has 0 heterocycles. The molecule has 0 N–H and O–H groups in total. The summed E-state index contributed by atoms with van der Waals surface area (Å²) >= 11 is 1.56. The Morgan fingerprint density at radius 1 is 0.214 bits per heavy atom. The van der Waals surface area contributed by atoms with E-state index in [1.165, 1.54) is 0 Å². The zero-order valence-corrected chi connectivity index (χ0v) is 31.0. The molecule has 0 saturated heterocycles.